The van der Waals surface area contributed by atoms with Crippen LogP contribution in [0.4, 0.5) is 0 Å². The molecule has 0 saturated carbocycles. The average Bonchev–Trinajstić information content (AvgIpc) is 0.902. The van der Waals surface area contributed by atoms with E-state index in [-0.39, 0.29) is 25.7 Å². The molecule has 0 aliphatic heterocycles. The zero-order valence-electron chi connectivity index (χ0n) is 68.3. The first-order chi connectivity index (χ1) is 50.4. The number of aliphatic hydroxyl groups excluding tert-OH is 1. The Hall–Kier alpha value is -1.94. The summed E-state index contributed by atoms with van der Waals surface area (Å²) in [5.74, 6) is -0.505. The average molecular weight is 1520 g/mol. The van der Waals surface area contributed by atoms with Gasteiger partial charge in [0.2, 0.25) is 0 Å². The summed E-state index contributed by atoms with van der Waals surface area (Å²) in [4.78, 5) is 73.2. The summed E-state index contributed by atoms with van der Waals surface area (Å²) in [5.41, 5.74) is 0. The molecule has 0 radical (unpaired) electrons. The van der Waals surface area contributed by atoms with E-state index in [4.69, 9.17) is 37.0 Å². The number of phosphoric acid groups is 2. The van der Waals surface area contributed by atoms with Gasteiger partial charge in [-0.15, -0.1) is 0 Å². The Kier molecular flexibility index (Phi) is 75.0. The fraction of sp³-hybridized carbons (Fsp3) is 0.953. The lowest BCUT2D eigenvalue weighted by molar-refractivity contribution is -0.161. The molecule has 19 heteroatoms. The maximum Gasteiger partial charge on any atom is 0.472 e. The van der Waals surface area contributed by atoms with Crippen molar-refractivity contribution in [1.82, 2.24) is 0 Å². The molecule has 0 aromatic carbocycles. The molecule has 0 aromatic rings. The Morgan fingerprint density at radius 1 is 0.279 bits per heavy atom. The first-order valence-corrected chi connectivity index (χ1v) is 47.0. The summed E-state index contributed by atoms with van der Waals surface area (Å²) >= 11 is 0. The largest absolute Gasteiger partial charge is 0.472 e. The number of carbonyl (C=O) groups is 4. The molecule has 104 heavy (non-hydrogen) atoms. The minimum Gasteiger partial charge on any atom is -0.462 e. The summed E-state index contributed by atoms with van der Waals surface area (Å²) in [6.07, 6.45) is 68.0. The number of hydrogen-bond donors (Lipinski definition) is 3. The monoisotopic (exact) mass is 1520 g/mol. The Bertz CT molecular complexity index is 2000. The molecule has 0 fully saturated rings. The molecule has 3 unspecified atom stereocenters. The van der Waals surface area contributed by atoms with Crippen molar-refractivity contribution >= 4 is 39.5 Å². The molecule has 0 spiro atoms. The van der Waals surface area contributed by atoms with Crippen molar-refractivity contribution in [1.29, 1.82) is 0 Å². The van der Waals surface area contributed by atoms with Gasteiger partial charge in [0, 0.05) is 25.7 Å². The van der Waals surface area contributed by atoms with Crippen LogP contribution in [0.3, 0.4) is 0 Å². The summed E-state index contributed by atoms with van der Waals surface area (Å²) in [6, 6.07) is 0. The predicted molar refractivity (Wildman–Crippen MR) is 428 cm³/mol. The normalized spacial score (nSPS) is 14.1. The molecule has 0 saturated heterocycles. The SMILES string of the molecule is CCCCCCCCCCCCCCCCCCCC(=O)OC[C@H](COP(=O)(O)OC[C@@H](O)COP(=O)(O)OC[C@@H](COC(=O)CCCCCCCCCCC(C)C)OC(=O)CCCCCCCCCCCCCCCC)OC(=O)CCCCCCCCCCCCCCCCCCCCC(C)CC. The Morgan fingerprint density at radius 3 is 0.731 bits per heavy atom. The minimum atomic E-state index is -4.97. The van der Waals surface area contributed by atoms with E-state index in [0.717, 1.165) is 102 Å². The molecule has 0 rings (SSSR count). The van der Waals surface area contributed by atoms with E-state index in [0.29, 0.717) is 25.7 Å². The second-order valence-corrected chi connectivity index (χ2v) is 34.2. The first-order valence-electron chi connectivity index (χ1n) is 44.0. The van der Waals surface area contributed by atoms with Crippen molar-refractivity contribution < 1.29 is 80.2 Å². The molecule has 0 aliphatic carbocycles. The number of hydrogen-bond acceptors (Lipinski definition) is 15. The molecule has 0 heterocycles. The third-order valence-corrected chi connectivity index (χ3v) is 22.2. The van der Waals surface area contributed by atoms with E-state index in [1.807, 2.05) is 0 Å². The van der Waals surface area contributed by atoms with Crippen LogP contribution in [0, 0.1) is 11.8 Å². The third-order valence-electron chi connectivity index (χ3n) is 20.3. The highest BCUT2D eigenvalue weighted by atomic mass is 31.2. The molecule has 618 valence electrons. The second kappa shape index (κ2) is 76.4. The van der Waals surface area contributed by atoms with Gasteiger partial charge in [0.05, 0.1) is 26.4 Å². The van der Waals surface area contributed by atoms with Gasteiger partial charge < -0.3 is 33.8 Å². The predicted octanol–water partition coefficient (Wildman–Crippen LogP) is 25.8. The van der Waals surface area contributed by atoms with Gasteiger partial charge >= 0.3 is 39.5 Å². The lowest BCUT2D eigenvalue weighted by atomic mass is 9.99. The Morgan fingerprint density at radius 2 is 0.490 bits per heavy atom. The molecule has 0 bridgehead atoms. The van der Waals surface area contributed by atoms with E-state index in [1.165, 1.54) is 270 Å². The minimum absolute atomic E-state index is 0.108. The van der Waals surface area contributed by atoms with Crippen LogP contribution >= 0.6 is 15.6 Å². The van der Waals surface area contributed by atoms with E-state index in [1.54, 1.807) is 0 Å². The van der Waals surface area contributed by atoms with E-state index >= 15 is 0 Å². The number of carbonyl (C=O) groups excluding carboxylic acids is 4. The lowest BCUT2D eigenvalue weighted by Gasteiger charge is -2.21. The fourth-order valence-electron chi connectivity index (χ4n) is 13.2. The van der Waals surface area contributed by atoms with Crippen molar-refractivity contribution in [2.75, 3.05) is 39.6 Å². The van der Waals surface area contributed by atoms with Crippen LogP contribution in [0.15, 0.2) is 0 Å². The van der Waals surface area contributed by atoms with Crippen molar-refractivity contribution in [2.45, 2.75) is 471 Å². The molecule has 0 aliphatic rings. The van der Waals surface area contributed by atoms with Gasteiger partial charge in [-0.2, -0.15) is 0 Å². The van der Waals surface area contributed by atoms with Gasteiger partial charge in [-0.25, -0.2) is 9.13 Å². The van der Waals surface area contributed by atoms with E-state index in [9.17, 15) is 43.2 Å². The van der Waals surface area contributed by atoms with Gasteiger partial charge in [-0.1, -0.05) is 401 Å². The third kappa shape index (κ3) is 76.8. The maximum atomic E-state index is 13.1. The van der Waals surface area contributed by atoms with Crippen LogP contribution in [-0.4, -0.2) is 96.7 Å². The van der Waals surface area contributed by atoms with Crippen LogP contribution in [0.5, 0.6) is 0 Å². The van der Waals surface area contributed by atoms with E-state index < -0.39 is 97.5 Å². The van der Waals surface area contributed by atoms with Crippen molar-refractivity contribution in [3.8, 4) is 0 Å². The van der Waals surface area contributed by atoms with Gasteiger partial charge in [0.15, 0.2) is 12.2 Å². The number of unbranched alkanes of at least 4 members (excludes halogenated alkanes) is 53. The standard InChI is InChI=1S/C85H166O17P2/c1-7-10-12-14-16-18-20-22-24-27-31-35-38-42-49-55-61-67-82(87)95-73-80(101-85(90)70-64-58-52-44-40-36-32-29-26-25-28-30-33-37-41-48-54-60-66-78(6)9-3)75-99-103(91,92)97-71-79(86)72-98-104(93,94)100-76-81(74-96-83(88)68-62-56-50-46-45-47-53-59-65-77(4)5)102-84(89)69-63-57-51-43-39-34-23-21-19-17-15-13-11-8-2/h77-81,86H,7-76H2,1-6H3,(H,91,92)(H,93,94)/t78?,79-,80-,81-/m1/s1. The van der Waals surface area contributed by atoms with E-state index in [2.05, 4.69) is 41.5 Å². The highest BCUT2D eigenvalue weighted by Crippen LogP contribution is 2.45. The number of phosphoric ester groups is 2. The molecule has 3 N–H and O–H groups in total. The highest BCUT2D eigenvalue weighted by molar-refractivity contribution is 7.47. The smallest absolute Gasteiger partial charge is 0.462 e. The number of ether oxygens (including phenoxy) is 4. The summed E-state index contributed by atoms with van der Waals surface area (Å²) in [6.45, 7) is 9.70. The van der Waals surface area contributed by atoms with Gasteiger partial charge in [-0.3, -0.25) is 37.3 Å². The summed E-state index contributed by atoms with van der Waals surface area (Å²) in [5, 5.41) is 10.7. The van der Waals surface area contributed by atoms with Gasteiger partial charge in [0.1, 0.15) is 19.3 Å². The zero-order chi connectivity index (χ0) is 76.4. The molecular weight excluding hydrogens is 1350 g/mol. The quantitative estimate of drug-likeness (QED) is 0.0222. The number of rotatable bonds is 84. The van der Waals surface area contributed by atoms with Crippen molar-refractivity contribution in [2.24, 2.45) is 11.8 Å². The lowest BCUT2D eigenvalue weighted by Crippen LogP contribution is -2.30. The van der Waals surface area contributed by atoms with Crippen molar-refractivity contribution in [3.05, 3.63) is 0 Å². The van der Waals surface area contributed by atoms with Crippen LogP contribution < -0.4 is 0 Å². The molecule has 0 aromatic heterocycles. The number of aliphatic hydroxyl groups is 1. The van der Waals surface area contributed by atoms with Crippen LogP contribution in [-0.2, 0) is 65.4 Å². The molecule has 17 nitrogen and oxygen atoms in total. The van der Waals surface area contributed by atoms with Crippen LogP contribution in [0.1, 0.15) is 452 Å². The number of esters is 4. The van der Waals surface area contributed by atoms with Gasteiger partial charge in [-0.05, 0) is 37.5 Å². The fourth-order valence-corrected chi connectivity index (χ4v) is 14.8. The highest BCUT2D eigenvalue weighted by Gasteiger charge is 2.30. The zero-order valence-corrected chi connectivity index (χ0v) is 70.1. The van der Waals surface area contributed by atoms with Crippen molar-refractivity contribution in [3.63, 3.8) is 0 Å². The molecule has 0 amide bonds. The Labute approximate surface area is 638 Å². The maximum absolute atomic E-state index is 13.1. The van der Waals surface area contributed by atoms with Crippen LogP contribution in [0.25, 0.3) is 0 Å². The summed E-state index contributed by atoms with van der Waals surface area (Å²) < 4.78 is 68.9. The topological polar surface area (TPSA) is 237 Å². The first kappa shape index (κ1) is 102. The molecule has 6 atom stereocenters. The molecular formula is C85H166O17P2. The van der Waals surface area contributed by atoms with Crippen LogP contribution in [0.2, 0.25) is 0 Å². The second-order valence-electron chi connectivity index (χ2n) is 31.3. The van der Waals surface area contributed by atoms with Gasteiger partial charge in [0.25, 0.3) is 0 Å². The Balaban J connectivity index is 5.23. The summed E-state index contributed by atoms with van der Waals surface area (Å²) in [7, 11) is -9.93.